The van der Waals surface area contributed by atoms with Gasteiger partial charge in [-0.25, -0.2) is 8.78 Å². The third kappa shape index (κ3) is 3.58. The molecule has 0 spiro atoms. The fourth-order valence-electron chi connectivity index (χ4n) is 2.14. The van der Waals surface area contributed by atoms with E-state index in [1.54, 1.807) is 11.8 Å². The third-order valence-electron chi connectivity index (χ3n) is 3.18. The molecule has 1 heterocycles. The number of hydrogen-bond donors (Lipinski definition) is 1. The first-order chi connectivity index (χ1) is 10.0. The topological polar surface area (TPSA) is 53.1 Å². The summed E-state index contributed by atoms with van der Waals surface area (Å²) < 4.78 is 33.9. The number of rotatable bonds is 6. The minimum Gasteiger partial charge on any atom is -0.383 e. The van der Waals surface area contributed by atoms with Gasteiger partial charge in [-0.1, -0.05) is 17.7 Å². The molecule has 1 aromatic carbocycles. The SMILES string of the molecule is COCCn1ncc(Cl)c1C(N)Cc1c(F)cccc1F. The zero-order chi connectivity index (χ0) is 15.4. The van der Waals surface area contributed by atoms with Crippen LogP contribution < -0.4 is 5.73 Å². The Kier molecular flexibility index (Phi) is 5.27. The van der Waals surface area contributed by atoms with Crippen LogP contribution in [-0.2, 0) is 17.7 Å². The van der Waals surface area contributed by atoms with E-state index in [4.69, 9.17) is 22.1 Å². The van der Waals surface area contributed by atoms with Gasteiger partial charge in [-0.2, -0.15) is 5.10 Å². The molecule has 0 radical (unpaired) electrons. The molecule has 0 aliphatic heterocycles. The Morgan fingerprint density at radius 1 is 1.38 bits per heavy atom. The highest BCUT2D eigenvalue weighted by Gasteiger charge is 2.20. The Balaban J connectivity index is 2.24. The van der Waals surface area contributed by atoms with Gasteiger partial charge >= 0.3 is 0 Å². The number of nitrogens with two attached hydrogens (primary N) is 1. The van der Waals surface area contributed by atoms with Gasteiger partial charge in [0.25, 0.3) is 0 Å². The van der Waals surface area contributed by atoms with Gasteiger partial charge in [0.1, 0.15) is 11.6 Å². The first-order valence-corrected chi connectivity index (χ1v) is 6.81. The fraction of sp³-hybridized carbons (Fsp3) is 0.357. The quantitative estimate of drug-likeness (QED) is 0.891. The van der Waals surface area contributed by atoms with Crippen LogP contribution in [0.5, 0.6) is 0 Å². The van der Waals surface area contributed by atoms with Gasteiger partial charge in [-0.05, 0) is 18.6 Å². The molecule has 0 fully saturated rings. The summed E-state index contributed by atoms with van der Waals surface area (Å²) in [4.78, 5) is 0. The highest BCUT2D eigenvalue weighted by atomic mass is 35.5. The zero-order valence-corrected chi connectivity index (χ0v) is 12.3. The van der Waals surface area contributed by atoms with Crippen LogP contribution in [-0.4, -0.2) is 23.5 Å². The van der Waals surface area contributed by atoms with E-state index in [2.05, 4.69) is 5.10 Å². The summed E-state index contributed by atoms with van der Waals surface area (Å²) >= 11 is 6.07. The van der Waals surface area contributed by atoms with Gasteiger partial charge in [-0.3, -0.25) is 4.68 Å². The van der Waals surface area contributed by atoms with Crippen molar-refractivity contribution in [2.75, 3.05) is 13.7 Å². The van der Waals surface area contributed by atoms with Crippen LogP contribution in [0.1, 0.15) is 17.3 Å². The molecule has 0 amide bonds. The molecule has 0 aliphatic carbocycles. The molecule has 7 heteroatoms. The number of methoxy groups -OCH3 is 1. The van der Waals surface area contributed by atoms with Crippen LogP contribution in [0.2, 0.25) is 5.02 Å². The number of nitrogens with zero attached hydrogens (tertiary/aromatic N) is 2. The summed E-state index contributed by atoms with van der Waals surface area (Å²) in [5.74, 6) is -1.24. The largest absolute Gasteiger partial charge is 0.383 e. The van der Waals surface area contributed by atoms with Crippen molar-refractivity contribution < 1.29 is 13.5 Å². The van der Waals surface area contributed by atoms with E-state index in [1.165, 1.54) is 24.4 Å². The standard InChI is InChI=1S/C14H16ClF2N3O/c1-21-6-5-20-14(10(15)8-19-20)13(18)7-9-11(16)3-2-4-12(9)17/h2-4,8,13H,5-7,18H2,1H3. The Morgan fingerprint density at radius 2 is 2.05 bits per heavy atom. The van der Waals surface area contributed by atoms with Gasteiger partial charge in [0.15, 0.2) is 0 Å². The average Bonchev–Trinajstić information content (AvgIpc) is 2.81. The molecule has 4 nitrogen and oxygen atoms in total. The Morgan fingerprint density at radius 3 is 2.67 bits per heavy atom. The molecule has 2 aromatic rings. The van der Waals surface area contributed by atoms with Crippen molar-refractivity contribution in [3.8, 4) is 0 Å². The first-order valence-electron chi connectivity index (χ1n) is 6.43. The van der Waals surface area contributed by atoms with Crippen LogP contribution in [0.3, 0.4) is 0 Å². The lowest BCUT2D eigenvalue weighted by atomic mass is 10.0. The van der Waals surface area contributed by atoms with Crippen LogP contribution >= 0.6 is 11.6 Å². The van der Waals surface area contributed by atoms with E-state index >= 15 is 0 Å². The van der Waals surface area contributed by atoms with Gasteiger partial charge in [0.2, 0.25) is 0 Å². The number of ether oxygens (including phenoxy) is 1. The molecule has 2 N–H and O–H groups in total. The second kappa shape index (κ2) is 6.98. The van der Waals surface area contributed by atoms with Crippen LogP contribution in [0.4, 0.5) is 8.78 Å². The highest BCUT2D eigenvalue weighted by molar-refractivity contribution is 6.31. The molecule has 1 unspecified atom stereocenters. The molecule has 2 rings (SSSR count). The Labute approximate surface area is 126 Å². The van der Waals surface area contributed by atoms with Gasteiger partial charge in [-0.15, -0.1) is 0 Å². The van der Waals surface area contributed by atoms with E-state index in [0.29, 0.717) is 23.9 Å². The number of aromatic nitrogens is 2. The molecule has 0 saturated heterocycles. The molecule has 114 valence electrons. The average molecular weight is 316 g/mol. The molecule has 1 aromatic heterocycles. The second-order valence-electron chi connectivity index (χ2n) is 4.60. The lowest BCUT2D eigenvalue weighted by molar-refractivity contribution is 0.182. The minimum atomic E-state index is -0.664. The lowest BCUT2D eigenvalue weighted by Crippen LogP contribution is -2.21. The maximum atomic E-state index is 13.7. The smallest absolute Gasteiger partial charge is 0.129 e. The van der Waals surface area contributed by atoms with Crippen molar-refractivity contribution in [1.82, 2.24) is 9.78 Å². The lowest BCUT2D eigenvalue weighted by Gasteiger charge is -2.16. The Hall–Kier alpha value is -1.50. The summed E-state index contributed by atoms with van der Waals surface area (Å²) in [5, 5.41) is 4.47. The third-order valence-corrected chi connectivity index (χ3v) is 3.47. The molecule has 21 heavy (non-hydrogen) atoms. The second-order valence-corrected chi connectivity index (χ2v) is 5.01. The summed E-state index contributed by atoms with van der Waals surface area (Å²) in [7, 11) is 1.57. The first kappa shape index (κ1) is 15.9. The van der Waals surface area contributed by atoms with Crippen LogP contribution in [0.15, 0.2) is 24.4 Å². The van der Waals surface area contributed by atoms with E-state index in [-0.39, 0.29) is 12.0 Å². The summed E-state index contributed by atoms with van der Waals surface area (Å²) in [6, 6.07) is 3.06. The van der Waals surface area contributed by atoms with Crippen molar-refractivity contribution in [3.63, 3.8) is 0 Å². The van der Waals surface area contributed by atoms with Crippen molar-refractivity contribution in [2.24, 2.45) is 5.73 Å². The molecule has 0 saturated carbocycles. The van der Waals surface area contributed by atoms with E-state index in [1.807, 2.05) is 0 Å². The fourth-order valence-corrected chi connectivity index (χ4v) is 2.42. The molecular formula is C14H16ClF2N3O. The monoisotopic (exact) mass is 315 g/mol. The predicted molar refractivity (Wildman–Crippen MR) is 76.1 cm³/mol. The van der Waals surface area contributed by atoms with Gasteiger partial charge in [0, 0.05) is 12.7 Å². The number of benzene rings is 1. The van der Waals surface area contributed by atoms with Crippen LogP contribution in [0.25, 0.3) is 0 Å². The molecule has 0 aliphatic rings. The van der Waals surface area contributed by atoms with Crippen molar-refractivity contribution in [2.45, 2.75) is 19.0 Å². The summed E-state index contributed by atoms with van der Waals surface area (Å²) in [6.45, 7) is 0.901. The Bertz CT molecular complexity index is 598. The molecule has 0 bridgehead atoms. The van der Waals surface area contributed by atoms with Crippen LogP contribution in [0, 0.1) is 11.6 Å². The zero-order valence-electron chi connectivity index (χ0n) is 11.5. The summed E-state index contributed by atoms with van der Waals surface area (Å²) in [6.07, 6.45) is 1.46. The van der Waals surface area contributed by atoms with E-state index in [9.17, 15) is 8.78 Å². The van der Waals surface area contributed by atoms with Gasteiger partial charge < -0.3 is 10.5 Å². The molecular weight excluding hydrogens is 300 g/mol. The van der Waals surface area contributed by atoms with Crippen molar-refractivity contribution in [3.05, 3.63) is 52.3 Å². The predicted octanol–water partition coefficient (Wildman–Crippen LogP) is 2.70. The minimum absolute atomic E-state index is 0.00307. The number of hydrogen-bond acceptors (Lipinski definition) is 3. The molecule has 1 atom stereocenters. The van der Waals surface area contributed by atoms with Gasteiger partial charge in [0.05, 0.1) is 36.1 Å². The van der Waals surface area contributed by atoms with Crippen molar-refractivity contribution in [1.29, 1.82) is 0 Å². The number of halogens is 3. The normalized spacial score (nSPS) is 12.6. The maximum absolute atomic E-state index is 13.7. The van der Waals surface area contributed by atoms with E-state index in [0.717, 1.165) is 0 Å². The maximum Gasteiger partial charge on any atom is 0.129 e. The summed E-state index contributed by atoms with van der Waals surface area (Å²) in [5.41, 5.74) is 6.55. The highest BCUT2D eigenvalue weighted by Crippen LogP contribution is 2.26. The van der Waals surface area contributed by atoms with Crippen molar-refractivity contribution >= 4 is 11.6 Å². The van der Waals surface area contributed by atoms with E-state index < -0.39 is 17.7 Å².